The molecule has 0 aliphatic rings. The summed E-state index contributed by atoms with van der Waals surface area (Å²) in [4.78, 5) is 44.0. The first-order valence-corrected chi connectivity index (χ1v) is 24.0. The first kappa shape index (κ1) is 47.8. The maximum absolute atomic E-state index is 15.9. The lowest BCUT2D eigenvalue weighted by atomic mass is 9.76. The van der Waals surface area contributed by atoms with Gasteiger partial charge in [-0.05, 0) is 56.6 Å². The third kappa shape index (κ3) is 11.2. The van der Waals surface area contributed by atoms with E-state index in [0.29, 0.717) is 5.56 Å². The number of phenols is 1. The number of aromatic hydroxyl groups is 1. The highest BCUT2D eigenvalue weighted by molar-refractivity contribution is 8.00. The average Bonchev–Trinajstić information content (AvgIpc) is 3.41. The van der Waals surface area contributed by atoms with Crippen molar-refractivity contribution in [2.75, 3.05) is 12.9 Å². The van der Waals surface area contributed by atoms with E-state index in [1.807, 2.05) is 140 Å². The van der Waals surface area contributed by atoms with Gasteiger partial charge in [0.2, 0.25) is 11.8 Å². The zero-order chi connectivity index (χ0) is 47.9. The minimum Gasteiger partial charge on any atom is -0.508 e. The van der Waals surface area contributed by atoms with E-state index in [1.165, 1.54) is 7.11 Å². The van der Waals surface area contributed by atoms with Crippen LogP contribution in [0.3, 0.4) is 0 Å². The monoisotopic (exact) mass is 929 g/mol. The van der Waals surface area contributed by atoms with Crippen LogP contribution in [0.2, 0.25) is 0 Å². The fourth-order valence-electron chi connectivity index (χ4n) is 9.04. The van der Waals surface area contributed by atoms with Crippen LogP contribution in [0.15, 0.2) is 237 Å². The smallest absolute Gasteiger partial charge is 0.328 e. The van der Waals surface area contributed by atoms with Crippen LogP contribution in [0.5, 0.6) is 5.75 Å². The van der Waals surface area contributed by atoms with Crippen molar-refractivity contribution in [3.63, 3.8) is 0 Å². The number of nitrogens with one attached hydrogen (secondary N) is 3. The Kier molecular flexibility index (Phi) is 15.8. The number of carbonyl (C=O) groups excluding carboxylic acids is 3. The molecule has 0 aliphatic carbocycles. The summed E-state index contributed by atoms with van der Waals surface area (Å²) in [5, 5.41) is 20.3. The van der Waals surface area contributed by atoms with E-state index in [1.54, 1.807) is 36.0 Å². The molecular weight excluding hydrogens is 875 g/mol. The van der Waals surface area contributed by atoms with Gasteiger partial charge in [0.1, 0.15) is 17.8 Å². The van der Waals surface area contributed by atoms with Crippen LogP contribution in [0.4, 0.5) is 0 Å². The molecule has 69 heavy (non-hydrogen) atoms. The number of thioether (sulfide) groups is 1. The first-order valence-electron chi connectivity index (χ1n) is 23.1. The van der Waals surface area contributed by atoms with Crippen molar-refractivity contribution < 1.29 is 24.2 Å². The van der Waals surface area contributed by atoms with Crippen molar-refractivity contribution in [3.05, 3.63) is 281 Å². The van der Waals surface area contributed by atoms with Gasteiger partial charge in [-0.25, -0.2) is 4.79 Å². The minimum atomic E-state index is -1.17. The Bertz CT molecular complexity index is 2670. The predicted molar refractivity (Wildman–Crippen MR) is 276 cm³/mol. The highest BCUT2D eigenvalue weighted by atomic mass is 32.2. The van der Waals surface area contributed by atoms with Gasteiger partial charge in [0.25, 0.3) is 0 Å². The molecule has 3 atom stereocenters. The summed E-state index contributed by atoms with van der Waals surface area (Å²) in [6.07, 6.45) is 0.231. The number of esters is 1. The molecule has 0 saturated carbocycles. The second kappa shape index (κ2) is 22.9. The molecule has 0 aliphatic heterocycles. The van der Waals surface area contributed by atoms with E-state index in [0.717, 1.165) is 38.9 Å². The van der Waals surface area contributed by atoms with Crippen LogP contribution in [0.25, 0.3) is 0 Å². The van der Waals surface area contributed by atoms with Gasteiger partial charge < -0.3 is 20.5 Å². The molecule has 8 aromatic rings. The number of hydrogen-bond donors (Lipinski definition) is 4. The highest BCUT2D eigenvalue weighted by Crippen LogP contribution is 2.49. The van der Waals surface area contributed by atoms with E-state index in [-0.39, 0.29) is 24.3 Å². The summed E-state index contributed by atoms with van der Waals surface area (Å²) in [6.45, 7) is 0. The Hall–Kier alpha value is -7.72. The Morgan fingerprint density at radius 3 is 1.19 bits per heavy atom. The molecular formula is C60H55N3O5S. The standard InChI is InChI=1S/C60H55N3O5S/c1-68-58(67)54(42-44-23-9-2-10-24-44)62-56(65)53(41-45-37-39-52(64)40-38-45)61-57(66)55(63-59(46-25-11-3-12-26-46,47-27-13-4-14-28-47)48-29-15-5-16-30-48)43-69-60(49-31-17-6-18-32-49,50-33-19-7-20-34-50)51-35-21-8-22-36-51/h2-40,53-55,63-64H,41-43H2,1H3,(H,61,66)(H,62,65). The SMILES string of the molecule is COC(=O)C(Cc1ccccc1)NC(=O)C(Cc1ccc(O)cc1)NC(=O)C(CSC(c1ccccc1)(c1ccccc1)c1ccccc1)NC(c1ccccc1)(c1ccccc1)c1ccccc1. The summed E-state index contributed by atoms with van der Waals surface area (Å²) in [6, 6.07) is 74.0. The van der Waals surface area contributed by atoms with Crippen LogP contribution in [-0.4, -0.2) is 53.9 Å². The largest absolute Gasteiger partial charge is 0.508 e. The maximum Gasteiger partial charge on any atom is 0.328 e. The maximum atomic E-state index is 15.9. The molecule has 346 valence electrons. The van der Waals surface area contributed by atoms with Gasteiger partial charge in [-0.15, -0.1) is 11.8 Å². The lowest BCUT2D eigenvalue weighted by Crippen LogP contribution is -2.60. The van der Waals surface area contributed by atoms with Gasteiger partial charge in [-0.2, -0.15) is 0 Å². The van der Waals surface area contributed by atoms with Crippen LogP contribution in [0, 0.1) is 0 Å². The van der Waals surface area contributed by atoms with Gasteiger partial charge in [0.05, 0.1) is 23.4 Å². The van der Waals surface area contributed by atoms with Crippen LogP contribution < -0.4 is 16.0 Å². The molecule has 2 amide bonds. The molecule has 9 heteroatoms. The summed E-state index contributed by atoms with van der Waals surface area (Å²) in [5.41, 5.74) is 6.25. The second-order valence-electron chi connectivity index (χ2n) is 16.8. The normalized spacial score (nSPS) is 12.8. The summed E-state index contributed by atoms with van der Waals surface area (Å²) in [7, 11) is 1.29. The second-order valence-corrected chi connectivity index (χ2v) is 18.1. The topological polar surface area (TPSA) is 117 Å². The fraction of sp³-hybridized carbons (Fsp3) is 0.150. The number of hydrogen-bond acceptors (Lipinski definition) is 7. The van der Waals surface area contributed by atoms with Gasteiger partial charge in [0.15, 0.2) is 0 Å². The van der Waals surface area contributed by atoms with E-state index in [4.69, 9.17) is 4.74 Å². The van der Waals surface area contributed by atoms with E-state index in [9.17, 15) is 14.7 Å². The summed E-state index contributed by atoms with van der Waals surface area (Å²) in [5.74, 6) is -1.34. The fourth-order valence-corrected chi connectivity index (χ4v) is 10.6. The van der Waals surface area contributed by atoms with Crippen molar-refractivity contribution >= 4 is 29.5 Å². The van der Waals surface area contributed by atoms with Crippen molar-refractivity contribution in [3.8, 4) is 5.75 Å². The average molecular weight is 930 g/mol. The molecule has 0 fully saturated rings. The molecule has 0 spiro atoms. The van der Waals surface area contributed by atoms with Gasteiger partial charge in [-0.1, -0.05) is 224 Å². The molecule has 0 bridgehead atoms. The van der Waals surface area contributed by atoms with Crippen molar-refractivity contribution in [2.24, 2.45) is 0 Å². The van der Waals surface area contributed by atoms with Crippen molar-refractivity contribution in [2.45, 2.75) is 41.3 Å². The van der Waals surface area contributed by atoms with E-state index < -0.39 is 46.2 Å². The summed E-state index contributed by atoms with van der Waals surface area (Å²) < 4.78 is 4.39. The van der Waals surface area contributed by atoms with Gasteiger partial charge >= 0.3 is 5.97 Å². The Morgan fingerprint density at radius 1 is 0.449 bits per heavy atom. The zero-order valence-corrected chi connectivity index (χ0v) is 39.2. The van der Waals surface area contributed by atoms with Crippen LogP contribution in [-0.2, 0) is 42.2 Å². The molecule has 0 aromatic heterocycles. The van der Waals surface area contributed by atoms with E-state index in [2.05, 4.69) is 88.7 Å². The molecule has 4 N–H and O–H groups in total. The number of rotatable bonds is 20. The first-order chi connectivity index (χ1) is 33.8. The number of ether oxygens (including phenoxy) is 1. The Labute approximate surface area is 408 Å². The molecule has 3 unspecified atom stereocenters. The van der Waals surface area contributed by atoms with Crippen LogP contribution in [0.1, 0.15) is 44.5 Å². The number of methoxy groups -OCH3 is 1. The number of benzene rings is 8. The van der Waals surface area contributed by atoms with Gasteiger partial charge in [-0.3, -0.25) is 14.9 Å². The number of amides is 2. The molecule has 0 radical (unpaired) electrons. The van der Waals surface area contributed by atoms with Crippen molar-refractivity contribution in [1.82, 2.24) is 16.0 Å². The zero-order valence-electron chi connectivity index (χ0n) is 38.4. The predicted octanol–water partition coefficient (Wildman–Crippen LogP) is 10.00. The third-order valence-corrected chi connectivity index (χ3v) is 14.1. The summed E-state index contributed by atoms with van der Waals surface area (Å²) >= 11 is 1.64. The molecule has 0 heterocycles. The quantitative estimate of drug-likeness (QED) is 0.0444. The minimum absolute atomic E-state index is 0.0557. The number of phenolic OH excluding ortho intramolecular Hbond substituents is 1. The molecule has 8 aromatic carbocycles. The van der Waals surface area contributed by atoms with Gasteiger partial charge in [0, 0.05) is 18.6 Å². The molecule has 8 rings (SSSR count). The molecule has 0 saturated heterocycles. The van der Waals surface area contributed by atoms with Crippen LogP contribution >= 0.6 is 11.8 Å². The Balaban J connectivity index is 1.27. The highest BCUT2D eigenvalue weighted by Gasteiger charge is 2.43. The third-order valence-electron chi connectivity index (χ3n) is 12.4. The van der Waals surface area contributed by atoms with Crippen molar-refractivity contribution in [1.29, 1.82) is 0 Å². The number of carbonyl (C=O) groups is 3. The lowest BCUT2D eigenvalue weighted by molar-refractivity contribution is -0.145. The molecule has 8 nitrogen and oxygen atoms in total. The Morgan fingerprint density at radius 2 is 0.783 bits per heavy atom. The lowest BCUT2D eigenvalue weighted by Gasteiger charge is -2.41. The van der Waals surface area contributed by atoms with E-state index >= 15 is 4.79 Å².